The zero-order chi connectivity index (χ0) is 13.2. The van der Waals surface area contributed by atoms with Crippen molar-refractivity contribution in [2.45, 2.75) is 25.4 Å². The zero-order valence-corrected chi connectivity index (χ0v) is 10.6. The summed E-state index contributed by atoms with van der Waals surface area (Å²) in [5.41, 5.74) is 1.83. The highest BCUT2D eigenvalue weighted by atomic mass is 16.5. The number of benzene rings is 1. The molecule has 2 heterocycles. The molecule has 19 heavy (non-hydrogen) atoms. The normalized spacial score (nSPS) is 23.6. The van der Waals surface area contributed by atoms with E-state index in [-0.39, 0.29) is 24.6 Å². The first kappa shape index (κ1) is 12.2. The first-order valence-corrected chi connectivity index (χ1v) is 6.49. The number of nitrogens with one attached hydrogen (secondary N) is 1. The molecule has 0 saturated carbocycles. The van der Waals surface area contributed by atoms with Gasteiger partial charge in [-0.3, -0.25) is 9.59 Å². The molecule has 1 N–H and O–H groups in total. The van der Waals surface area contributed by atoms with Crippen LogP contribution >= 0.6 is 0 Å². The molecular formula is C14H16N2O3. The van der Waals surface area contributed by atoms with Gasteiger partial charge in [-0.2, -0.15) is 0 Å². The van der Waals surface area contributed by atoms with Crippen LogP contribution in [0.5, 0.6) is 0 Å². The van der Waals surface area contributed by atoms with Gasteiger partial charge in [-0.05, 0) is 18.1 Å². The highest BCUT2D eigenvalue weighted by Crippen LogP contribution is 2.26. The summed E-state index contributed by atoms with van der Waals surface area (Å²) in [5, 5.41) is 2.66. The second kappa shape index (κ2) is 5.01. The molecular weight excluding hydrogens is 244 g/mol. The van der Waals surface area contributed by atoms with Crippen molar-refractivity contribution in [2.24, 2.45) is 0 Å². The van der Waals surface area contributed by atoms with Crippen LogP contribution in [-0.4, -0.2) is 36.1 Å². The van der Waals surface area contributed by atoms with E-state index in [0.717, 1.165) is 11.1 Å². The summed E-state index contributed by atoms with van der Waals surface area (Å²) >= 11 is 0. The molecule has 100 valence electrons. The molecule has 1 saturated heterocycles. The van der Waals surface area contributed by atoms with Crippen molar-refractivity contribution < 1.29 is 14.3 Å². The third-order valence-corrected chi connectivity index (χ3v) is 3.68. The van der Waals surface area contributed by atoms with Crippen LogP contribution in [0.3, 0.4) is 0 Å². The van der Waals surface area contributed by atoms with Crippen molar-refractivity contribution in [1.29, 1.82) is 0 Å². The monoisotopic (exact) mass is 260 g/mol. The second-order valence-electron chi connectivity index (χ2n) is 4.90. The highest BCUT2D eigenvalue weighted by Gasteiger charge is 2.33. The molecule has 1 unspecified atom stereocenters. The summed E-state index contributed by atoms with van der Waals surface area (Å²) in [6, 6.07) is 7.63. The number of carbonyl (C=O) groups excluding carboxylic acids is 2. The van der Waals surface area contributed by atoms with Crippen molar-refractivity contribution in [2.75, 3.05) is 13.3 Å². The minimum absolute atomic E-state index is 0.0196. The lowest BCUT2D eigenvalue weighted by molar-refractivity contribution is -0.124. The fraction of sp³-hybridized carbons (Fsp3) is 0.429. The van der Waals surface area contributed by atoms with Crippen LogP contribution in [0.4, 0.5) is 0 Å². The molecule has 1 fully saturated rings. The molecule has 5 heteroatoms. The number of carbonyl (C=O) groups is 2. The molecule has 2 aliphatic rings. The summed E-state index contributed by atoms with van der Waals surface area (Å²) in [6.07, 6.45) is 1.08. The maximum absolute atomic E-state index is 12.3. The summed E-state index contributed by atoms with van der Waals surface area (Å²) < 4.78 is 5.39. The van der Waals surface area contributed by atoms with Crippen molar-refractivity contribution in [3.63, 3.8) is 0 Å². The fourth-order valence-electron chi connectivity index (χ4n) is 2.61. The van der Waals surface area contributed by atoms with E-state index in [9.17, 15) is 9.59 Å². The third kappa shape index (κ3) is 2.33. The first-order chi connectivity index (χ1) is 9.25. The minimum atomic E-state index is -0.0223. The van der Waals surface area contributed by atoms with E-state index in [0.29, 0.717) is 26.0 Å². The highest BCUT2D eigenvalue weighted by molar-refractivity contribution is 5.98. The largest absolute Gasteiger partial charge is 0.359 e. The Kier molecular flexibility index (Phi) is 3.21. The van der Waals surface area contributed by atoms with Gasteiger partial charge in [-0.25, -0.2) is 0 Å². The minimum Gasteiger partial charge on any atom is -0.359 e. The van der Waals surface area contributed by atoms with Crippen LogP contribution in [0.1, 0.15) is 28.8 Å². The molecule has 2 amide bonds. The Hall–Kier alpha value is -1.88. The average Bonchev–Trinajstić information content (AvgIpc) is 2.73. The molecule has 2 aliphatic heterocycles. The van der Waals surface area contributed by atoms with E-state index in [1.165, 1.54) is 0 Å². The number of nitrogens with zero attached hydrogens (tertiary/aromatic N) is 1. The van der Waals surface area contributed by atoms with E-state index in [2.05, 4.69) is 5.32 Å². The molecule has 0 spiro atoms. The van der Waals surface area contributed by atoms with Gasteiger partial charge >= 0.3 is 0 Å². The van der Waals surface area contributed by atoms with Gasteiger partial charge in [0.15, 0.2) is 0 Å². The number of rotatable bonds is 1. The Balaban J connectivity index is 1.76. The van der Waals surface area contributed by atoms with Crippen molar-refractivity contribution in [1.82, 2.24) is 10.2 Å². The topological polar surface area (TPSA) is 58.6 Å². The molecule has 3 rings (SSSR count). The lowest BCUT2D eigenvalue weighted by Crippen LogP contribution is -2.42. The number of hydrogen-bond donors (Lipinski definition) is 1. The van der Waals surface area contributed by atoms with Gasteiger partial charge in [0.25, 0.3) is 5.91 Å². The average molecular weight is 260 g/mol. The quantitative estimate of drug-likeness (QED) is 0.816. The first-order valence-electron chi connectivity index (χ1n) is 6.49. The molecule has 0 radical (unpaired) electrons. The van der Waals surface area contributed by atoms with Crippen molar-refractivity contribution in [3.05, 3.63) is 35.4 Å². The van der Waals surface area contributed by atoms with Crippen molar-refractivity contribution >= 4 is 11.8 Å². The number of hydrogen-bond acceptors (Lipinski definition) is 3. The number of ether oxygens (including phenoxy) is 1. The molecule has 0 bridgehead atoms. The fourth-order valence-corrected chi connectivity index (χ4v) is 2.61. The van der Waals surface area contributed by atoms with E-state index < -0.39 is 0 Å². The van der Waals surface area contributed by atoms with Gasteiger partial charge in [0.1, 0.15) is 6.73 Å². The second-order valence-corrected chi connectivity index (χ2v) is 4.90. The Morgan fingerprint density at radius 3 is 2.95 bits per heavy atom. The predicted octanol–water partition coefficient (Wildman–Crippen LogP) is 0.895. The number of amides is 2. The Bertz CT molecular complexity index is 515. The SMILES string of the molecule is O=C1CCC(N2Cc3ccccc3C2=O)COCN1. The van der Waals surface area contributed by atoms with Gasteiger partial charge in [0, 0.05) is 18.5 Å². The summed E-state index contributed by atoms with van der Waals surface area (Å²) in [7, 11) is 0. The van der Waals surface area contributed by atoms with Gasteiger partial charge in [-0.1, -0.05) is 18.2 Å². The van der Waals surface area contributed by atoms with Crippen LogP contribution < -0.4 is 5.32 Å². The summed E-state index contributed by atoms with van der Waals surface area (Å²) in [4.78, 5) is 25.6. The molecule has 1 aromatic rings. The summed E-state index contributed by atoms with van der Waals surface area (Å²) in [5.74, 6) is 0.0269. The van der Waals surface area contributed by atoms with Crippen LogP contribution in [0, 0.1) is 0 Å². The predicted molar refractivity (Wildman–Crippen MR) is 68.3 cm³/mol. The smallest absolute Gasteiger partial charge is 0.254 e. The van der Waals surface area contributed by atoms with Crippen LogP contribution in [0.25, 0.3) is 0 Å². The molecule has 0 aliphatic carbocycles. The summed E-state index contributed by atoms with van der Waals surface area (Å²) in [6.45, 7) is 1.31. The van der Waals surface area contributed by atoms with E-state index in [1.54, 1.807) is 0 Å². The zero-order valence-electron chi connectivity index (χ0n) is 10.6. The third-order valence-electron chi connectivity index (χ3n) is 3.68. The molecule has 1 atom stereocenters. The van der Waals surface area contributed by atoms with Crippen molar-refractivity contribution in [3.8, 4) is 0 Å². The van der Waals surface area contributed by atoms with Crippen LogP contribution in [0.2, 0.25) is 0 Å². The van der Waals surface area contributed by atoms with Crippen LogP contribution in [-0.2, 0) is 16.1 Å². The van der Waals surface area contributed by atoms with Gasteiger partial charge in [0.05, 0.1) is 12.6 Å². The molecule has 0 aromatic heterocycles. The maximum Gasteiger partial charge on any atom is 0.254 e. The lowest BCUT2D eigenvalue weighted by atomic mass is 10.1. The standard InChI is InChI=1S/C14H16N2O3/c17-13-6-5-11(8-19-9-15-13)16-7-10-3-1-2-4-12(10)14(16)18/h1-4,11H,5-9H2,(H,15,17). The van der Waals surface area contributed by atoms with Gasteiger partial charge in [0.2, 0.25) is 5.91 Å². The Labute approximate surface area is 111 Å². The Morgan fingerprint density at radius 2 is 2.11 bits per heavy atom. The van der Waals surface area contributed by atoms with E-state index >= 15 is 0 Å². The van der Waals surface area contributed by atoms with Gasteiger partial charge < -0.3 is 15.0 Å². The van der Waals surface area contributed by atoms with Gasteiger partial charge in [-0.15, -0.1) is 0 Å². The number of fused-ring (bicyclic) bond motifs is 1. The van der Waals surface area contributed by atoms with Crippen LogP contribution in [0.15, 0.2) is 24.3 Å². The van der Waals surface area contributed by atoms with E-state index in [1.807, 2.05) is 29.2 Å². The maximum atomic E-state index is 12.3. The molecule has 1 aromatic carbocycles. The lowest BCUT2D eigenvalue weighted by Gasteiger charge is -2.29. The molecule has 5 nitrogen and oxygen atoms in total. The van der Waals surface area contributed by atoms with E-state index in [4.69, 9.17) is 4.74 Å². The Morgan fingerprint density at radius 1 is 1.26 bits per heavy atom.